The SMILES string of the molecule is N#Cc1ccc(N2CCC(C=O)CC2)c(F)c1. The maximum atomic E-state index is 13.7. The fourth-order valence-electron chi connectivity index (χ4n) is 2.11. The van der Waals surface area contributed by atoms with Crippen molar-refractivity contribution >= 4 is 12.0 Å². The molecular formula is C13H13FN2O. The van der Waals surface area contributed by atoms with Crippen LogP contribution in [0.2, 0.25) is 0 Å². The van der Waals surface area contributed by atoms with Crippen molar-refractivity contribution < 1.29 is 9.18 Å². The first-order valence-electron chi connectivity index (χ1n) is 5.64. The summed E-state index contributed by atoms with van der Waals surface area (Å²) in [5, 5.41) is 8.66. The summed E-state index contributed by atoms with van der Waals surface area (Å²) in [6.07, 6.45) is 2.51. The minimum Gasteiger partial charge on any atom is -0.369 e. The van der Waals surface area contributed by atoms with Crippen LogP contribution in [-0.4, -0.2) is 19.4 Å². The Labute approximate surface area is 99.5 Å². The zero-order chi connectivity index (χ0) is 12.3. The van der Waals surface area contributed by atoms with E-state index in [0.29, 0.717) is 24.3 Å². The van der Waals surface area contributed by atoms with Gasteiger partial charge in [0.05, 0.1) is 17.3 Å². The van der Waals surface area contributed by atoms with Crippen LogP contribution in [0.5, 0.6) is 0 Å². The summed E-state index contributed by atoms with van der Waals surface area (Å²) in [4.78, 5) is 12.6. The maximum Gasteiger partial charge on any atom is 0.147 e. The van der Waals surface area contributed by atoms with Gasteiger partial charge >= 0.3 is 0 Å². The van der Waals surface area contributed by atoms with Crippen molar-refractivity contribution in [3.63, 3.8) is 0 Å². The van der Waals surface area contributed by atoms with Crippen LogP contribution in [0.1, 0.15) is 18.4 Å². The molecule has 1 aliphatic rings. The van der Waals surface area contributed by atoms with Crippen molar-refractivity contribution in [2.45, 2.75) is 12.8 Å². The van der Waals surface area contributed by atoms with Crippen LogP contribution in [-0.2, 0) is 4.79 Å². The highest BCUT2D eigenvalue weighted by molar-refractivity contribution is 5.56. The molecule has 0 unspecified atom stereocenters. The topological polar surface area (TPSA) is 44.1 Å². The van der Waals surface area contributed by atoms with Gasteiger partial charge < -0.3 is 9.69 Å². The average molecular weight is 232 g/mol. The third kappa shape index (κ3) is 2.44. The molecule has 3 nitrogen and oxygen atoms in total. The van der Waals surface area contributed by atoms with Gasteiger partial charge in [-0.05, 0) is 31.0 Å². The van der Waals surface area contributed by atoms with E-state index < -0.39 is 0 Å². The molecule has 0 bridgehead atoms. The van der Waals surface area contributed by atoms with Crippen molar-refractivity contribution in [1.82, 2.24) is 0 Å². The minimum atomic E-state index is -0.367. The van der Waals surface area contributed by atoms with Gasteiger partial charge in [0.15, 0.2) is 0 Å². The molecular weight excluding hydrogens is 219 g/mol. The van der Waals surface area contributed by atoms with E-state index in [9.17, 15) is 9.18 Å². The van der Waals surface area contributed by atoms with Gasteiger partial charge in [0.1, 0.15) is 12.1 Å². The van der Waals surface area contributed by atoms with Gasteiger partial charge in [0, 0.05) is 19.0 Å². The number of benzene rings is 1. The molecule has 1 aromatic carbocycles. The molecule has 88 valence electrons. The summed E-state index contributed by atoms with van der Waals surface area (Å²) in [6.45, 7) is 1.37. The molecule has 0 N–H and O–H groups in total. The molecule has 0 aromatic heterocycles. The first-order valence-corrected chi connectivity index (χ1v) is 5.64. The third-order valence-electron chi connectivity index (χ3n) is 3.15. The second kappa shape index (κ2) is 4.96. The summed E-state index contributed by atoms with van der Waals surface area (Å²) in [5.74, 6) is -0.263. The summed E-state index contributed by atoms with van der Waals surface area (Å²) in [5.41, 5.74) is 0.849. The molecule has 2 rings (SSSR count). The number of carbonyl (C=O) groups is 1. The van der Waals surface area contributed by atoms with E-state index in [1.54, 1.807) is 12.1 Å². The van der Waals surface area contributed by atoms with Crippen LogP contribution >= 0.6 is 0 Å². The first-order chi connectivity index (χ1) is 8.24. The van der Waals surface area contributed by atoms with Crippen LogP contribution in [0.4, 0.5) is 10.1 Å². The van der Waals surface area contributed by atoms with Crippen molar-refractivity contribution in [1.29, 1.82) is 5.26 Å². The molecule has 4 heteroatoms. The van der Waals surface area contributed by atoms with Gasteiger partial charge in [-0.1, -0.05) is 0 Å². The second-order valence-electron chi connectivity index (χ2n) is 4.24. The zero-order valence-corrected chi connectivity index (χ0v) is 9.40. The van der Waals surface area contributed by atoms with Crippen LogP contribution in [0, 0.1) is 23.1 Å². The third-order valence-corrected chi connectivity index (χ3v) is 3.15. The highest BCUT2D eigenvalue weighted by atomic mass is 19.1. The van der Waals surface area contributed by atoms with Gasteiger partial charge in [-0.15, -0.1) is 0 Å². The second-order valence-corrected chi connectivity index (χ2v) is 4.24. The Balaban J connectivity index is 2.14. The summed E-state index contributed by atoms with van der Waals surface area (Å²) in [7, 11) is 0. The largest absolute Gasteiger partial charge is 0.369 e. The Morgan fingerprint density at radius 1 is 1.41 bits per heavy atom. The molecule has 0 saturated carbocycles. The Morgan fingerprint density at radius 2 is 2.12 bits per heavy atom. The number of anilines is 1. The maximum absolute atomic E-state index is 13.7. The lowest BCUT2D eigenvalue weighted by Gasteiger charge is -2.31. The van der Waals surface area contributed by atoms with Crippen molar-refractivity contribution in [3.05, 3.63) is 29.6 Å². The summed E-state index contributed by atoms with van der Waals surface area (Å²) < 4.78 is 13.7. The highest BCUT2D eigenvalue weighted by Gasteiger charge is 2.20. The van der Waals surface area contributed by atoms with Gasteiger partial charge in [-0.25, -0.2) is 4.39 Å². The first kappa shape index (κ1) is 11.6. The molecule has 17 heavy (non-hydrogen) atoms. The molecule has 0 aliphatic carbocycles. The normalized spacial score (nSPS) is 16.6. The number of halogens is 1. The summed E-state index contributed by atoms with van der Waals surface area (Å²) >= 11 is 0. The lowest BCUT2D eigenvalue weighted by atomic mass is 9.98. The van der Waals surface area contributed by atoms with E-state index in [1.165, 1.54) is 6.07 Å². The van der Waals surface area contributed by atoms with Crippen LogP contribution in [0.3, 0.4) is 0 Å². The smallest absolute Gasteiger partial charge is 0.147 e. The van der Waals surface area contributed by atoms with E-state index in [0.717, 1.165) is 19.1 Å². The van der Waals surface area contributed by atoms with Crippen LogP contribution < -0.4 is 4.90 Å². The Bertz CT molecular complexity index is 459. The number of nitriles is 1. The number of piperidine rings is 1. The lowest BCUT2D eigenvalue weighted by Crippen LogP contribution is -2.34. The average Bonchev–Trinajstić information content (AvgIpc) is 2.39. The molecule has 1 aliphatic heterocycles. The van der Waals surface area contributed by atoms with Crippen LogP contribution in [0.15, 0.2) is 18.2 Å². The molecule has 1 aromatic rings. The predicted octanol–water partition coefficient (Wildman–Crippen LogP) is 2.11. The molecule has 0 spiro atoms. The molecule has 0 radical (unpaired) electrons. The van der Waals surface area contributed by atoms with Crippen molar-refractivity contribution in [2.24, 2.45) is 5.92 Å². The van der Waals surface area contributed by atoms with Crippen molar-refractivity contribution in [3.8, 4) is 6.07 Å². The predicted molar refractivity (Wildman–Crippen MR) is 62.1 cm³/mol. The lowest BCUT2D eigenvalue weighted by molar-refractivity contribution is -0.111. The van der Waals surface area contributed by atoms with Gasteiger partial charge in [-0.3, -0.25) is 0 Å². The number of hydrogen-bond acceptors (Lipinski definition) is 3. The van der Waals surface area contributed by atoms with E-state index in [1.807, 2.05) is 11.0 Å². The molecule has 1 fully saturated rings. The van der Waals surface area contributed by atoms with Gasteiger partial charge in [0.25, 0.3) is 0 Å². The van der Waals surface area contributed by atoms with E-state index in [4.69, 9.17) is 5.26 Å². The number of carbonyl (C=O) groups excluding carboxylic acids is 1. The Kier molecular flexibility index (Phi) is 3.38. The van der Waals surface area contributed by atoms with E-state index in [-0.39, 0.29) is 11.7 Å². The highest BCUT2D eigenvalue weighted by Crippen LogP contribution is 2.25. The van der Waals surface area contributed by atoms with E-state index >= 15 is 0 Å². The molecule has 1 saturated heterocycles. The fourth-order valence-corrected chi connectivity index (χ4v) is 2.11. The molecule has 0 amide bonds. The standard InChI is InChI=1S/C13H13FN2O/c14-12-7-11(8-15)1-2-13(12)16-5-3-10(9-17)4-6-16/h1-2,7,9-10H,3-6H2. The number of nitrogens with zero attached hydrogens (tertiary/aromatic N) is 2. The minimum absolute atomic E-state index is 0.104. The zero-order valence-electron chi connectivity index (χ0n) is 9.40. The Morgan fingerprint density at radius 3 is 2.65 bits per heavy atom. The van der Waals surface area contributed by atoms with Gasteiger partial charge in [-0.2, -0.15) is 5.26 Å². The van der Waals surface area contributed by atoms with Crippen LogP contribution in [0.25, 0.3) is 0 Å². The van der Waals surface area contributed by atoms with Gasteiger partial charge in [0.2, 0.25) is 0 Å². The number of rotatable bonds is 2. The molecule has 1 heterocycles. The quantitative estimate of drug-likeness (QED) is 0.733. The monoisotopic (exact) mass is 232 g/mol. The number of hydrogen-bond donors (Lipinski definition) is 0. The van der Waals surface area contributed by atoms with Crippen molar-refractivity contribution in [2.75, 3.05) is 18.0 Å². The summed E-state index contributed by atoms with van der Waals surface area (Å²) in [6, 6.07) is 6.41. The fraction of sp³-hybridized carbons (Fsp3) is 0.385. The molecule has 0 atom stereocenters. The Hall–Kier alpha value is -1.89. The number of aldehydes is 1. The van der Waals surface area contributed by atoms with E-state index in [2.05, 4.69) is 0 Å².